The van der Waals surface area contributed by atoms with Gasteiger partial charge in [-0.25, -0.2) is 9.59 Å². The zero-order valence-corrected chi connectivity index (χ0v) is 24.4. The zero-order chi connectivity index (χ0) is 33.9. The predicted molar refractivity (Wildman–Crippen MR) is 158 cm³/mol. The Balaban J connectivity index is 0.000000263. The molecule has 3 amide bonds. The van der Waals surface area contributed by atoms with Crippen molar-refractivity contribution >= 4 is 35.3 Å². The van der Waals surface area contributed by atoms with Crippen LogP contribution in [-0.4, -0.2) is 52.6 Å². The molecule has 1 aliphatic rings. The molecule has 4 rings (SSSR count). The van der Waals surface area contributed by atoms with E-state index in [2.05, 4.69) is 5.32 Å². The summed E-state index contributed by atoms with van der Waals surface area (Å²) < 4.78 is 31.7. The van der Waals surface area contributed by atoms with Crippen LogP contribution in [0.2, 0.25) is 0 Å². The molecule has 3 aromatic rings. The molecule has 0 radical (unpaired) electrons. The molecule has 1 atom stereocenters. The summed E-state index contributed by atoms with van der Waals surface area (Å²) in [7, 11) is 0. The van der Waals surface area contributed by atoms with Crippen LogP contribution in [0, 0.1) is 5.92 Å². The number of anilines is 1. The van der Waals surface area contributed by atoms with Gasteiger partial charge in [-0.3, -0.25) is 14.4 Å². The molecule has 14 heteroatoms. The number of carbonyl (C=O) groups is 5. The molecule has 240 valence electrons. The molecule has 0 aliphatic carbocycles. The average Bonchev–Trinajstić information content (AvgIpc) is 3.43. The molecule has 0 saturated carbocycles. The van der Waals surface area contributed by atoms with Gasteiger partial charge in [-0.2, -0.15) is 13.2 Å². The van der Waals surface area contributed by atoms with Gasteiger partial charge < -0.3 is 31.9 Å². The number of nitrogens with one attached hydrogen (secondary N) is 1. The summed E-state index contributed by atoms with van der Waals surface area (Å²) in [5.74, 6) is -4.72. The van der Waals surface area contributed by atoms with Gasteiger partial charge in [0.05, 0.1) is 0 Å². The molecule has 1 aliphatic heterocycles. The third-order valence-electron chi connectivity index (χ3n) is 6.35. The second kappa shape index (κ2) is 16.0. The lowest BCUT2D eigenvalue weighted by atomic mass is 10.1. The number of fused-ring (bicyclic) bond motifs is 1. The topological polar surface area (TPSA) is 193 Å². The first kappa shape index (κ1) is 36.0. The summed E-state index contributed by atoms with van der Waals surface area (Å²) in [4.78, 5) is 57.3. The van der Waals surface area contributed by atoms with E-state index in [1.807, 2.05) is 26.0 Å². The van der Waals surface area contributed by atoms with Crippen molar-refractivity contribution in [1.82, 2.24) is 5.32 Å². The lowest BCUT2D eigenvalue weighted by Gasteiger charge is -2.19. The predicted octanol–water partition coefficient (Wildman–Crippen LogP) is 3.66. The van der Waals surface area contributed by atoms with Crippen LogP contribution in [-0.2, 0) is 27.3 Å². The van der Waals surface area contributed by atoms with Crippen molar-refractivity contribution in [3.63, 3.8) is 0 Å². The molecular weight excluding hydrogens is 597 g/mol. The maximum atomic E-state index is 12.2. The number of rotatable bonds is 7. The second-order valence-electron chi connectivity index (χ2n) is 9.97. The number of nitrogens with two attached hydrogens (primary N) is 2. The van der Waals surface area contributed by atoms with E-state index in [0.717, 1.165) is 23.2 Å². The van der Waals surface area contributed by atoms with Crippen molar-refractivity contribution in [2.75, 3.05) is 11.4 Å². The molecular formula is C31H33F3N4O7. The van der Waals surface area contributed by atoms with E-state index < -0.39 is 36.0 Å². The minimum absolute atomic E-state index is 0.0433. The van der Waals surface area contributed by atoms with Crippen molar-refractivity contribution in [3.05, 3.63) is 101 Å². The summed E-state index contributed by atoms with van der Waals surface area (Å²) in [5, 5.41) is 18.9. The van der Waals surface area contributed by atoms with Crippen molar-refractivity contribution in [3.8, 4) is 0 Å². The highest BCUT2D eigenvalue weighted by atomic mass is 19.4. The van der Waals surface area contributed by atoms with Gasteiger partial charge in [0.1, 0.15) is 0 Å². The van der Waals surface area contributed by atoms with Crippen LogP contribution in [0.25, 0.3) is 0 Å². The van der Waals surface area contributed by atoms with E-state index in [-0.39, 0.29) is 11.8 Å². The van der Waals surface area contributed by atoms with Crippen molar-refractivity contribution in [2.45, 2.75) is 39.0 Å². The van der Waals surface area contributed by atoms with Crippen LogP contribution in [0.5, 0.6) is 0 Å². The number of nitrogens with zero attached hydrogens (tertiary/aromatic N) is 1. The standard InChI is InChI=1S/C16H16N2O3.C13H16N2O2.C2HF3O2/c17-10-11-5-4-8-13(9-11)15(19)18-14(16(20)21)12-6-2-1-3-7-12;1-8(2)13(17)15-6-5-9-3-4-10(12(14)16)7-11(9)15;3-2(4,5)1(6)7/h1-9,14H,10,17H2,(H,18,19)(H,20,21);3-4,7-8H,5-6H2,1-2H3,(H2,14,16);(H,6,7)/t14-;;/m1../s1. The van der Waals surface area contributed by atoms with Crippen molar-refractivity contribution in [1.29, 1.82) is 0 Å². The number of carbonyl (C=O) groups excluding carboxylic acids is 3. The van der Waals surface area contributed by atoms with Gasteiger partial charge in [-0.15, -0.1) is 0 Å². The van der Waals surface area contributed by atoms with E-state index in [4.69, 9.17) is 21.4 Å². The number of amides is 3. The van der Waals surface area contributed by atoms with E-state index in [0.29, 0.717) is 29.8 Å². The lowest BCUT2D eigenvalue weighted by Crippen LogP contribution is -2.33. The van der Waals surface area contributed by atoms with Crippen LogP contribution in [0.15, 0.2) is 72.8 Å². The number of primary amides is 1. The number of hydrogen-bond acceptors (Lipinski definition) is 6. The summed E-state index contributed by atoms with van der Waals surface area (Å²) in [6.45, 7) is 4.76. The Labute approximate surface area is 256 Å². The number of benzene rings is 3. The highest BCUT2D eigenvalue weighted by molar-refractivity contribution is 6.00. The highest BCUT2D eigenvalue weighted by Crippen LogP contribution is 2.30. The van der Waals surface area contributed by atoms with Crippen LogP contribution in [0.4, 0.5) is 18.9 Å². The second-order valence-corrected chi connectivity index (χ2v) is 9.97. The zero-order valence-electron chi connectivity index (χ0n) is 24.4. The summed E-state index contributed by atoms with van der Waals surface area (Å²) in [6.07, 6.45) is -4.24. The van der Waals surface area contributed by atoms with Crippen LogP contribution in [0.3, 0.4) is 0 Å². The molecule has 3 aromatic carbocycles. The number of carboxylic acid groups (broad SMARTS) is 2. The largest absolute Gasteiger partial charge is 0.490 e. The summed E-state index contributed by atoms with van der Waals surface area (Å²) in [6, 6.07) is 19.6. The van der Waals surface area contributed by atoms with Crippen molar-refractivity contribution in [2.24, 2.45) is 17.4 Å². The van der Waals surface area contributed by atoms with Crippen molar-refractivity contribution < 1.29 is 47.4 Å². The summed E-state index contributed by atoms with van der Waals surface area (Å²) in [5.41, 5.74) is 14.9. The Morgan fingerprint density at radius 3 is 2.04 bits per heavy atom. The Kier molecular flexibility index (Phi) is 12.8. The molecule has 0 bridgehead atoms. The average molecular weight is 631 g/mol. The fourth-order valence-electron chi connectivity index (χ4n) is 4.06. The van der Waals surface area contributed by atoms with Crippen LogP contribution >= 0.6 is 0 Å². The summed E-state index contributed by atoms with van der Waals surface area (Å²) >= 11 is 0. The molecule has 0 unspecified atom stereocenters. The Morgan fingerprint density at radius 1 is 0.911 bits per heavy atom. The van der Waals surface area contributed by atoms with Crippen LogP contribution in [0.1, 0.15) is 57.3 Å². The van der Waals surface area contributed by atoms with Gasteiger partial charge in [0.2, 0.25) is 11.8 Å². The van der Waals surface area contributed by atoms with E-state index in [1.165, 1.54) is 0 Å². The number of alkyl halides is 3. The fourth-order valence-corrected chi connectivity index (χ4v) is 4.06. The highest BCUT2D eigenvalue weighted by Gasteiger charge is 2.38. The molecule has 45 heavy (non-hydrogen) atoms. The van der Waals surface area contributed by atoms with Gasteiger partial charge in [-0.1, -0.05) is 62.4 Å². The first-order valence-electron chi connectivity index (χ1n) is 13.5. The van der Waals surface area contributed by atoms with Gasteiger partial charge in [0.15, 0.2) is 6.04 Å². The molecule has 1 heterocycles. The smallest absolute Gasteiger partial charge is 0.479 e. The minimum Gasteiger partial charge on any atom is -0.479 e. The van der Waals surface area contributed by atoms with Gasteiger partial charge in [0.25, 0.3) is 5.91 Å². The molecule has 0 spiro atoms. The normalized spacial score (nSPS) is 12.5. The first-order valence-corrected chi connectivity index (χ1v) is 13.5. The number of halogens is 3. The third-order valence-corrected chi connectivity index (χ3v) is 6.35. The van der Waals surface area contributed by atoms with E-state index in [1.54, 1.807) is 65.6 Å². The SMILES string of the molecule is CC(C)C(=O)N1CCc2ccc(C(N)=O)cc21.NCc1cccc(C(=O)N[C@@H](C(=O)O)c2ccccc2)c1.O=C(O)C(F)(F)F. The molecule has 7 N–H and O–H groups in total. The molecule has 11 nitrogen and oxygen atoms in total. The number of carboxylic acids is 2. The molecule has 0 saturated heterocycles. The van der Waals surface area contributed by atoms with E-state index >= 15 is 0 Å². The van der Waals surface area contributed by atoms with E-state index in [9.17, 15) is 37.5 Å². The monoisotopic (exact) mass is 630 g/mol. The fraction of sp³-hybridized carbons (Fsp3) is 0.258. The van der Waals surface area contributed by atoms with Crippen LogP contribution < -0.4 is 21.7 Å². The Morgan fingerprint density at radius 2 is 1.53 bits per heavy atom. The third kappa shape index (κ3) is 10.5. The quantitative estimate of drug-likeness (QED) is 0.261. The van der Waals surface area contributed by atoms with Gasteiger partial charge in [-0.05, 0) is 47.4 Å². The minimum atomic E-state index is -5.08. The number of aliphatic carboxylic acids is 2. The maximum absolute atomic E-state index is 12.2. The Hall–Kier alpha value is -5.24. The maximum Gasteiger partial charge on any atom is 0.490 e. The number of hydrogen-bond donors (Lipinski definition) is 5. The molecule has 0 aromatic heterocycles. The van der Waals surface area contributed by atoms with Gasteiger partial charge >= 0.3 is 18.1 Å². The van der Waals surface area contributed by atoms with Gasteiger partial charge in [0, 0.05) is 35.8 Å². The Bertz CT molecular complexity index is 1530. The lowest BCUT2D eigenvalue weighted by molar-refractivity contribution is -0.192. The molecule has 0 fully saturated rings. The first-order chi connectivity index (χ1) is 21.1.